The third-order valence-corrected chi connectivity index (χ3v) is 3.34. The lowest BCUT2D eigenvalue weighted by molar-refractivity contribution is 0.0174. The standard InChI is InChI=1S/C14H20F2N2/c1-14(15,16)12-4-2-3-11(9-12)5-6-13-10-17-7-8-18-13/h2-4,9,13,17-18H,5-8,10H2,1H3/t13-/m0/s1. The number of nitrogens with one attached hydrogen (secondary N) is 2. The number of hydrogen-bond acceptors (Lipinski definition) is 2. The molecule has 0 radical (unpaired) electrons. The summed E-state index contributed by atoms with van der Waals surface area (Å²) in [7, 11) is 0. The molecule has 1 heterocycles. The van der Waals surface area contributed by atoms with Gasteiger partial charge in [-0.05, 0) is 24.5 Å². The van der Waals surface area contributed by atoms with E-state index in [1.165, 1.54) is 6.07 Å². The van der Waals surface area contributed by atoms with E-state index in [-0.39, 0.29) is 5.56 Å². The quantitative estimate of drug-likeness (QED) is 0.861. The van der Waals surface area contributed by atoms with Gasteiger partial charge in [0.05, 0.1) is 0 Å². The molecule has 0 aromatic heterocycles. The number of piperazine rings is 1. The van der Waals surface area contributed by atoms with Gasteiger partial charge < -0.3 is 10.6 Å². The molecule has 0 bridgehead atoms. The molecule has 1 saturated heterocycles. The number of hydrogen-bond donors (Lipinski definition) is 2. The summed E-state index contributed by atoms with van der Waals surface area (Å²) >= 11 is 0. The molecular formula is C14H20F2N2. The van der Waals surface area contributed by atoms with Crippen molar-refractivity contribution < 1.29 is 8.78 Å². The fraction of sp³-hybridized carbons (Fsp3) is 0.571. The highest BCUT2D eigenvalue weighted by Crippen LogP contribution is 2.27. The molecule has 0 aliphatic carbocycles. The van der Waals surface area contributed by atoms with Gasteiger partial charge in [0.2, 0.25) is 0 Å². The van der Waals surface area contributed by atoms with Crippen LogP contribution in [0.25, 0.3) is 0 Å². The molecule has 0 saturated carbocycles. The van der Waals surface area contributed by atoms with Crippen LogP contribution in [0.5, 0.6) is 0 Å². The van der Waals surface area contributed by atoms with Gasteiger partial charge in [0.1, 0.15) is 0 Å². The van der Waals surface area contributed by atoms with Gasteiger partial charge in [-0.25, -0.2) is 8.78 Å². The van der Waals surface area contributed by atoms with Gasteiger partial charge in [-0.2, -0.15) is 0 Å². The zero-order valence-corrected chi connectivity index (χ0v) is 10.7. The maximum Gasteiger partial charge on any atom is 0.270 e. The molecule has 1 aliphatic heterocycles. The lowest BCUT2D eigenvalue weighted by Gasteiger charge is -2.24. The van der Waals surface area contributed by atoms with Crippen molar-refractivity contribution >= 4 is 0 Å². The summed E-state index contributed by atoms with van der Waals surface area (Å²) in [6.07, 6.45) is 1.81. The highest BCUT2D eigenvalue weighted by molar-refractivity contribution is 5.26. The van der Waals surface area contributed by atoms with Gasteiger partial charge in [-0.15, -0.1) is 0 Å². The average Bonchev–Trinajstić information content (AvgIpc) is 2.37. The molecule has 4 heteroatoms. The fourth-order valence-electron chi connectivity index (χ4n) is 2.26. The average molecular weight is 254 g/mol. The number of halogens is 2. The first-order valence-electron chi connectivity index (χ1n) is 6.47. The Bertz CT molecular complexity index is 382. The zero-order chi connectivity index (χ0) is 13.0. The second kappa shape index (κ2) is 5.76. The van der Waals surface area contributed by atoms with Crippen molar-refractivity contribution in [1.29, 1.82) is 0 Å². The van der Waals surface area contributed by atoms with Crippen molar-refractivity contribution in [3.8, 4) is 0 Å². The van der Waals surface area contributed by atoms with E-state index in [1.807, 2.05) is 6.07 Å². The maximum absolute atomic E-state index is 13.2. The summed E-state index contributed by atoms with van der Waals surface area (Å²) < 4.78 is 26.4. The highest BCUT2D eigenvalue weighted by atomic mass is 19.3. The van der Waals surface area contributed by atoms with Gasteiger partial charge in [0.25, 0.3) is 5.92 Å². The van der Waals surface area contributed by atoms with Gasteiger partial charge in [0.15, 0.2) is 0 Å². The third-order valence-electron chi connectivity index (χ3n) is 3.34. The minimum atomic E-state index is -2.75. The zero-order valence-electron chi connectivity index (χ0n) is 10.7. The van der Waals surface area contributed by atoms with E-state index < -0.39 is 5.92 Å². The number of alkyl halides is 2. The van der Waals surface area contributed by atoms with Crippen LogP contribution in [-0.4, -0.2) is 25.7 Å². The number of aryl methyl sites for hydroxylation is 1. The van der Waals surface area contributed by atoms with Crippen molar-refractivity contribution in [1.82, 2.24) is 10.6 Å². The molecule has 0 spiro atoms. The van der Waals surface area contributed by atoms with Crippen LogP contribution in [0.3, 0.4) is 0 Å². The van der Waals surface area contributed by atoms with E-state index in [9.17, 15) is 8.78 Å². The molecule has 0 unspecified atom stereocenters. The van der Waals surface area contributed by atoms with Gasteiger partial charge in [0, 0.05) is 38.2 Å². The second-order valence-electron chi connectivity index (χ2n) is 4.98. The Morgan fingerprint density at radius 1 is 1.33 bits per heavy atom. The van der Waals surface area contributed by atoms with Gasteiger partial charge in [-0.3, -0.25) is 0 Å². The van der Waals surface area contributed by atoms with E-state index in [0.29, 0.717) is 6.04 Å². The lowest BCUT2D eigenvalue weighted by atomic mass is 10.0. The molecule has 2 rings (SSSR count). The van der Waals surface area contributed by atoms with Crippen LogP contribution in [0.1, 0.15) is 24.5 Å². The van der Waals surface area contributed by atoms with Gasteiger partial charge in [-0.1, -0.05) is 18.2 Å². The third kappa shape index (κ3) is 3.75. The monoisotopic (exact) mass is 254 g/mol. The number of benzene rings is 1. The van der Waals surface area contributed by atoms with Crippen LogP contribution in [-0.2, 0) is 12.3 Å². The predicted octanol–water partition coefficient (Wildman–Crippen LogP) is 2.29. The van der Waals surface area contributed by atoms with Crippen molar-refractivity contribution in [3.05, 3.63) is 35.4 Å². The smallest absolute Gasteiger partial charge is 0.270 e. The lowest BCUT2D eigenvalue weighted by Crippen LogP contribution is -2.48. The Kier molecular flexibility index (Phi) is 4.30. The summed E-state index contributed by atoms with van der Waals surface area (Å²) in [6.45, 7) is 3.90. The Balaban J connectivity index is 1.92. The molecule has 1 aromatic rings. The molecular weight excluding hydrogens is 234 g/mol. The van der Waals surface area contributed by atoms with Crippen molar-refractivity contribution in [2.24, 2.45) is 0 Å². The van der Waals surface area contributed by atoms with E-state index in [4.69, 9.17) is 0 Å². The first-order chi connectivity index (χ1) is 8.55. The molecule has 1 fully saturated rings. The van der Waals surface area contributed by atoms with Crippen molar-refractivity contribution in [3.63, 3.8) is 0 Å². The Morgan fingerprint density at radius 2 is 2.17 bits per heavy atom. The Hall–Kier alpha value is -1.00. The number of rotatable bonds is 4. The summed E-state index contributed by atoms with van der Waals surface area (Å²) in [5.41, 5.74) is 1.09. The van der Waals surface area contributed by atoms with Crippen molar-refractivity contribution in [2.75, 3.05) is 19.6 Å². The maximum atomic E-state index is 13.2. The molecule has 100 valence electrons. The van der Waals surface area contributed by atoms with Crippen LogP contribution in [0.15, 0.2) is 24.3 Å². The van der Waals surface area contributed by atoms with E-state index >= 15 is 0 Å². The summed E-state index contributed by atoms with van der Waals surface area (Å²) in [6, 6.07) is 7.20. The minimum absolute atomic E-state index is 0.106. The molecule has 0 amide bonds. The fourth-order valence-corrected chi connectivity index (χ4v) is 2.26. The predicted molar refractivity (Wildman–Crippen MR) is 69.0 cm³/mol. The van der Waals surface area contributed by atoms with E-state index in [2.05, 4.69) is 10.6 Å². The SMILES string of the molecule is CC(F)(F)c1cccc(CC[C@H]2CNCCN2)c1. The first-order valence-corrected chi connectivity index (χ1v) is 6.47. The van der Waals surface area contributed by atoms with Crippen LogP contribution in [0.4, 0.5) is 8.78 Å². The normalized spacial score (nSPS) is 20.9. The van der Waals surface area contributed by atoms with Crippen LogP contribution >= 0.6 is 0 Å². The summed E-state index contributed by atoms with van der Waals surface area (Å²) in [5.74, 6) is -2.75. The van der Waals surface area contributed by atoms with Crippen LogP contribution < -0.4 is 10.6 Å². The van der Waals surface area contributed by atoms with Crippen LogP contribution in [0.2, 0.25) is 0 Å². The minimum Gasteiger partial charge on any atom is -0.314 e. The molecule has 2 nitrogen and oxygen atoms in total. The molecule has 1 aromatic carbocycles. The summed E-state index contributed by atoms with van der Waals surface area (Å²) in [5, 5.41) is 6.75. The Labute approximate surface area is 107 Å². The summed E-state index contributed by atoms with van der Waals surface area (Å²) in [4.78, 5) is 0. The molecule has 2 N–H and O–H groups in total. The Morgan fingerprint density at radius 3 is 2.83 bits per heavy atom. The second-order valence-corrected chi connectivity index (χ2v) is 4.98. The van der Waals surface area contributed by atoms with Crippen molar-refractivity contribution in [2.45, 2.75) is 31.7 Å². The van der Waals surface area contributed by atoms with Crippen LogP contribution in [0, 0.1) is 0 Å². The first kappa shape index (κ1) is 13.4. The molecule has 1 aliphatic rings. The van der Waals surface area contributed by atoms with E-state index in [1.54, 1.807) is 12.1 Å². The van der Waals surface area contributed by atoms with E-state index in [0.717, 1.165) is 45.0 Å². The molecule has 1 atom stereocenters. The molecule has 18 heavy (non-hydrogen) atoms. The topological polar surface area (TPSA) is 24.1 Å². The van der Waals surface area contributed by atoms with Gasteiger partial charge >= 0.3 is 0 Å². The largest absolute Gasteiger partial charge is 0.314 e. The highest BCUT2D eigenvalue weighted by Gasteiger charge is 2.24.